The van der Waals surface area contributed by atoms with Gasteiger partial charge in [0.2, 0.25) is 0 Å². The number of anilines is 1. The van der Waals surface area contributed by atoms with Crippen LogP contribution < -0.4 is 14.8 Å². The van der Waals surface area contributed by atoms with Crippen molar-refractivity contribution in [3.05, 3.63) is 66.4 Å². The molecule has 1 aromatic heterocycles. The van der Waals surface area contributed by atoms with Crippen LogP contribution >= 0.6 is 0 Å². The number of nitrogens with zero attached hydrogens (tertiary/aromatic N) is 1. The molecule has 0 aliphatic heterocycles. The van der Waals surface area contributed by atoms with Crippen molar-refractivity contribution in [2.75, 3.05) is 12.4 Å². The van der Waals surface area contributed by atoms with Crippen LogP contribution in [0.4, 0.5) is 19.0 Å². The first-order chi connectivity index (χ1) is 13.3. The molecule has 0 bridgehead atoms. The van der Waals surface area contributed by atoms with E-state index in [1.807, 2.05) is 6.07 Å². The zero-order chi connectivity index (χ0) is 20.1. The van der Waals surface area contributed by atoms with E-state index < -0.39 is 6.36 Å². The Labute approximate surface area is 159 Å². The van der Waals surface area contributed by atoms with E-state index >= 15 is 0 Å². The minimum absolute atomic E-state index is 0.0502. The highest BCUT2D eigenvalue weighted by Crippen LogP contribution is 2.31. The molecule has 28 heavy (non-hydrogen) atoms. The number of nitrogens with one attached hydrogen (secondary N) is 1. The molecule has 8 heteroatoms. The molecule has 0 atom stereocenters. The summed E-state index contributed by atoms with van der Waals surface area (Å²) in [5.41, 5.74) is 2.27. The average molecular weight is 390 g/mol. The van der Waals surface area contributed by atoms with Crippen molar-refractivity contribution >= 4 is 5.82 Å². The van der Waals surface area contributed by atoms with Gasteiger partial charge in [-0.15, -0.1) is 13.2 Å². The number of pyridine rings is 1. The normalized spacial score (nSPS) is 11.1. The molecule has 2 N–H and O–H groups in total. The standard InChI is InChI=1S/C20H17F3N2O3/c1-27-18-10-14(5-7-17(18)26)15-6-8-19(25-12-15)24-11-13-3-2-4-16(9-13)28-20(21,22)23/h2-10,12,26H,11H2,1H3,(H,24,25). The maximum atomic E-state index is 12.3. The van der Waals surface area contributed by atoms with Gasteiger partial charge in [0, 0.05) is 18.3 Å². The van der Waals surface area contributed by atoms with E-state index in [0.29, 0.717) is 17.1 Å². The molecule has 0 aliphatic rings. The fourth-order valence-corrected chi connectivity index (χ4v) is 2.57. The van der Waals surface area contributed by atoms with Crippen molar-refractivity contribution in [3.63, 3.8) is 0 Å². The Hall–Kier alpha value is -3.42. The third kappa shape index (κ3) is 5.06. The van der Waals surface area contributed by atoms with Crippen LogP contribution in [0.2, 0.25) is 0 Å². The van der Waals surface area contributed by atoms with Gasteiger partial charge in [-0.3, -0.25) is 0 Å². The highest BCUT2D eigenvalue weighted by atomic mass is 19.4. The number of rotatable bonds is 6. The molecule has 2 aromatic carbocycles. The number of aromatic nitrogens is 1. The number of benzene rings is 2. The molecule has 0 saturated carbocycles. The fraction of sp³-hybridized carbons (Fsp3) is 0.150. The average Bonchev–Trinajstić information content (AvgIpc) is 2.66. The van der Waals surface area contributed by atoms with Gasteiger partial charge in [0.1, 0.15) is 11.6 Å². The maximum absolute atomic E-state index is 12.3. The van der Waals surface area contributed by atoms with Crippen LogP contribution in [0.5, 0.6) is 17.2 Å². The van der Waals surface area contributed by atoms with Gasteiger partial charge in [-0.05, 0) is 47.5 Å². The number of aromatic hydroxyl groups is 1. The molecule has 0 unspecified atom stereocenters. The topological polar surface area (TPSA) is 63.6 Å². The highest BCUT2D eigenvalue weighted by molar-refractivity contribution is 5.67. The lowest BCUT2D eigenvalue weighted by molar-refractivity contribution is -0.274. The first-order valence-electron chi connectivity index (χ1n) is 8.26. The van der Waals surface area contributed by atoms with Gasteiger partial charge < -0.3 is 19.9 Å². The van der Waals surface area contributed by atoms with Gasteiger partial charge in [-0.1, -0.05) is 18.2 Å². The Morgan fingerprint density at radius 1 is 1.04 bits per heavy atom. The summed E-state index contributed by atoms with van der Waals surface area (Å²) in [5.74, 6) is 0.711. The fourth-order valence-electron chi connectivity index (χ4n) is 2.57. The first-order valence-corrected chi connectivity index (χ1v) is 8.26. The van der Waals surface area contributed by atoms with Crippen LogP contribution in [0.1, 0.15) is 5.56 Å². The molecule has 0 radical (unpaired) electrons. The van der Waals surface area contributed by atoms with Gasteiger partial charge in [0.25, 0.3) is 0 Å². The van der Waals surface area contributed by atoms with E-state index in [2.05, 4.69) is 15.0 Å². The van der Waals surface area contributed by atoms with Crippen LogP contribution in [0.25, 0.3) is 11.1 Å². The second-order valence-electron chi connectivity index (χ2n) is 5.87. The van der Waals surface area contributed by atoms with E-state index in [9.17, 15) is 18.3 Å². The highest BCUT2D eigenvalue weighted by Gasteiger charge is 2.31. The number of ether oxygens (including phenoxy) is 2. The van der Waals surface area contributed by atoms with Crippen molar-refractivity contribution in [1.82, 2.24) is 4.98 Å². The van der Waals surface area contributed by atoms with Gasteiger partial charge in [0.05, 0.1) is 7.11 Å². The molecule has 3 rings (SSSR count). The number of alkyl halides is 3. The number of phenolic OH excluding ortho intramolecular Hbond substituents is 1. The summed E-state index contributed by atoms with van der Waals surface area (Å²) in [6.45, 7) is 0.286. The van der Waals surface area contributed by atoms with Gasteiger partial charge in [-0.25, -0.2) is 4.98 Å². The summed E-state index contributed by atoms with van der Waals surface area (Å²) < 4.78 is 45.9. The summed E-state index contributed by atoms with van der Waals surface area (Å²) in [5, 5.41) is 12.7. The largest absolute Gasteiger partial charge is 0.573 e. The molecule has 3 aromatic rings. The van der Waals surface area contributed by atoms with Crippen LogP contribution in [0.3, 0.4) is 0 Å². The predicted molar refractivity (Wildman–Crippen MR) is 98.3 cm³/mol. The molecule has 0 saturated heterocycles. The molecule has 0 spiro atoms. The van der Waals surface area contributed by atoms with Gasteiger partial charge >= 0.3 is 6.36 Å². The molecule has 1 heterocycles. The smallest absolute Gasteiger partial charge is 0.504 e. The summed E-state index contributed by atoms with van der Waals surface area (Å²) in [7, 11) is 1.47. The first kappa shape index (κ1) is 19.3. The lowest BCUT2D eigenvalue weighted by Gasteiger charge is -2.11. The van der Waals surface area contributed by atoms with Crippen molar-refractivity contribution in [2.45, 2.75) is 12.9 Å². The second kappa shape index (κ2) is 8.08. The molecular weight excluding hydrogens is 373 g/mol. The molecule has 146 valence electrons. The monoisotopic (exact) mass is 390 g/mol. The van der Waals surface area contributed by atoms with Crippen molar-refractivity contribution < 1.29 is 27.8 Å². The Kier molecular flexibility index (Phi) is 5.58. The zero-order valence-electron chi connectivity index (χ0n) is 14.8. The third-order valence-electron chi connectivity index (χ3n) is 3.88. The van der Waals surface area contributed by atoms with E-state index in [-0.39, 0.29) is 18.0 Å². The minimum atomic E-state index is -4.72. The summed E-state index contributed by atoms with van der Waals surface area (Å²) in [6, 6.07) is 14.3. The van der Waals surface area contributed by atoms with E-state index in [0.717, 1.165) is 11.1 Å². The van der Waals surface area contributed by atoms with Crippen LogP contribution in [0, 0.1) is 0 Å². The SMILES string of the molecule is COc1cc(-c2ccc(NCc3cccc(OC(F)(F)F)c3)nc2)ccc1O. The Morgan fingerprint density at radius 2 is 1.82 bits per heavy atom. The Balaban J connectivity index is 1.66. The summed E-state index contributed by atoms with van der Waals surface area (Å²) in [6.07, 6.45) is -3.07. The number of hydrogen-bond acceptors (Lipinski definition) is 5. The number of halogens is 3. The summed E-state index contributed by atoms with van der Waals surface area (Å²) >= 11 is 0. The third-order valence-corrected chi connectivity index (χ3v) is 3.88. The summed E-state index contributed by atoms with van der Waals surface area (Å²) in [4.78, 5) is 4.30. The lowest BCUT2D eigenvalue weighted by Crippen LogP contribution is -2.17. The number of methoxy groups -OCH3 is 1. The quantitative estimate of drug-likeness (QED) is 0.622. The maximum Gasteiger partial charge on any atom is 0.573 e. The second-order valence-corrected chi connectivity index (χ2v) is 5.87. The minimum Gasteiger partial charge on any atom is -0.504 e. The Morgan fingerprint density at radius 3 is 2.50 bits per heavy atom. The van der Waals surface area contributed by atoms with E-state index in [1.54, 1.807) is 30.5 Å². The van der Waals surface area contributed by atoms with Crippen molar-refractivity contribution in [1.29, 1.82) is 0 Å². The van der Waals surface area contributed by atoms with Crippen LogP contribution in [0.15, 0.2) is 60.8 Å². The lowest BCUT2D eigenvalue weighted by atomic mass is 10.1. The number of hydrogen-bond donors (Lipinski definition) is 2. The van der Waals surface area contributed by atoms with Crippen LogP contribution in [-0.2, 0) is 6.54 Å². The van der Waals surface area contributed by atoms with Crippen molar-refractivity contribution in [3.8, 4) is 28.4 Å². The zero-order valence-corrected chi connectivity index (χ0v) is 14.8. The predicted octanol–water partition coefficient (Wildman–Crippen LogP) is 4.97. The Bertz CT molecular complexity index is 944. The van der Waals surface area contributed by atoms with Crippen LogP contribution in [-0.4, -0.2) is 23.6 Å². The molecule has 0 fully saturated rings. The molecular formula is C20H17F3N2O3. The number of phenols is 1. The van der Waals surface area contributed by atoms with Gasteiger partial charge in [0.15, 0.2) is 11.5 Å². The molecule has 0 aliphatic carbocycles. The van der Waals surface area contributed by atoms with E-state index in [1.165, 1.54) is 31.4 Å². The van der Waals surface area contributed by atoms with E-state index in [4.69, 9.17) is 4.74 Å². The van der Waals surface area contributed by atoms with Crippen molar-refractivity contribution in [2.24, 2.45) is 0 Å². The van der Waals surface area contributed by atoms with Gasteiger partial charge in [-0.2, -0.15) is 0 Å². The molecule has 0 amide bonds. The molecule has 5 nitrogen and oxygen atoms in total.